The minimum Gasteiger partial charge on any atom is -0.480 e. The van der Waals surface area contributed by atoms with E-state index in [9.17, 15) is 9.59 Å². The number of carbonyl (C=O) groups excluding carboxylic acids is 1. The minimum atomic E-state index is -1.17. The Bertz CT molecular complexity index is 255. The number of carboxylic acid groups (broad SMARTS) is 1. The highest BCUT2D eigenvalue weighted by Crippen LogP contribution is 2.14. The number of methoxy groups -OCH3 is 1. The molecule has 0 aliphatic rings. The zero-order valence-electron chi connectivity index (χ0n) is 10.1. The van der Waals surface area contributed by atoms with Crippen molar-refractivity contribution < 1.29 is 19.4 Å². The number of carbonyl (C=O) groups is 2. The summed E-state index contributed by atoms with van der Waals surface area (Å²) in [5.41, 5.74) is -1.17. The molecule has 0 fully saturated rings. The standard InChI is InChI=1S/C10H19NO4S/c1-10(2,9(13)14)11(3)8(12)7-16-6-5-15-4/h5-7H2,1-4H3,(H,13,14). The minimum absolute atomic E-state index is 0.187. The first-order valence-electron chi connectivity index (χ1n) is 4.90. The van der Waals surface area contributed by atoms with Crippen LogP contribution in [0.15, 0.2) is 0 Å². The van der Waals surface area contributed by atoms with Crippen molar-refractivity contribution in [1.29, 1.82) is 0 Å². The molecule has 16 heavy (non-hydrogen) atoms. The van der Waals surface area contributed by atoms with Crippen molar-refractivity contribution in [3.63, 3.8) is 0 Å². The van der Waals surface area contributed by atoms with Crippen LogP contribution in [0.4, 0.5) is 0 Å². The third-order valence-corrected chi connectivity index (χ3v) is 3.30. The zero-order chi connectivity index (χ0) is 12.8. The number of carboxylic acids is 1. The number of aliphatic carboxylic acids is 1. The van der Waals surface area contributed by atoms with Crippen molar-refractivity contribution in [3.8, 4) is 0 Å². The lowest BCUT2D eigenvalue weighted by Gasteiger charge is -2.31. The van der Waals surface area contributed by atoms with Crippen LogP contribution in [0.1, 0.15) is 13.8 Å². The Morgan fingerprint density at radius 2 is 2.00 bits per heavy atom. The van der Waals surface area contributed by atoms with Crippen LogP contribution in [0, 0.1) is 0 Å². The molecule has 0 aromatic carbocycles. The van der Waals surface area contributed by atoms with Crippen molar-refractivity contribution in [2.45, 2.75) is 19.4 Å². The van der Waals surface area contributed by atoms with Crippen LogP contribution in [0.2, 0.25) is 0 Å². The maximum Gasteiger partial charge on any atom is 0.329 e. The first-order valence-corrected chi connectivity index (χ1v) is 6.06. The number of hydrogen-bond acceptors (Lipinski definition) is 4. The number of amides is 1. The average molecular weight is 249 g/mol. The van der Waals surface area contributed by atoms with E-state index in [0.717, 1.165) is 5.75 Å². The highest BCUT2D eigenvalue weighted by atomic mass is 32.2. The summed E-state index contributed by atoms with van der Waals surface area (Å²) in [6.07, 6.45) is 0. The summed E-state index contributed by atoms with van der Waals surface area (Å²) in [7, 11) is 3.11. The van der Waals surface area contributed by atoms with Crippen molar-refractivity contribution >= 4 is 23.6 Å². The second-order valence-electron chi connectivity index (χ2n) is 3.86. The van der Waals surface area contributed by atoms with Gasteiger partial charge in [0.2, 0.25) is 5.91 Å². The summed E-state index contributed by atoms with van der Waals surface area (Å²) in [5.74, 6) is -0.195. The van der Waals surface area contributed by atoms with E-state index in [1.54, 1.807) is 7.11 Å². The van der Waals surface area contributed by atoms with E-state index in [-0.39, 0.29) is 11.7 Å². The van der Waals surface area contributed by atoms with Crippen LogP contribution in [0.3, 0.4) is 0 Å². The molecule has 0 aliphatic carbocycles. The maximum atomic E-state index is 11.7. The second kappa shape index (κ2) is 6.75. The van der Waals surface area contributed by atoms with Crippen LogP contribution in [-0.4, -0.2) is 59.7 Å². The Morgan fingerprint density at radius 1 is 1.44 bits per heavy atom. The normalized spacial score (nSPS) is 11.2. The molecule has 5 nitrogen and oxygen atoms in total. The van der Waals surface area contributed by atoms with Crippen LogP contribution >= 0.6 is 11.8 Å². The van der Waals surface area contributed by atoms with Crippen LogP contribution in [0.25, 0.3) is 0 Å². The van der Waals surface area contributed by atoms with E-state index in [1.807, 2.05) is 0 Å². The van der Waals surface area contributed by atoms with Gasteiger partial charge in [0.05, 0.1) is 12.4 Å². The summed E-state index contributed by atoms with van der Waals surface area (Å²) in [6.45, 7) is 3.60. The lowest BCUT2D eigenvalue weighted by atomic mass is 10.0. The third kappa shape index (κ3) is 4.40. The summed E-state index contributed by atoms with van der Waals surface area (Å²) in [4.78, 5) is 23.8. The molecule has 0 atom stereocenters. The van der Waals surface area contributed by atoms with Gasteiger partial charge in [-0.25, -0.2) is 4.79 Å². The molecule has 0 rings (SSSR count). The summed E-state index contributed by atoms with van der Waals surface area (Å²) in [5, 5.41) is 8.95. The molecular formula is C10H19NO4S. The van der Waals surface area contributed by atoms with Gasteiger partial charge in [-0.1, -0.05) is 0 Å². The van der Waals surface area contributed by atoms with Gasteiger partial charge in [0.25, 0.3) is 0 Å². The fourth-order valence-electron chi connectivity index (χ4n) is 0.854. The fraction of sp³-hybridized carbons (Fsp3) is 0.800. The van der Waals surface area contributed by atoms with Crippen LogP contribution in [-0.2, 0) is 14.3 Å². The number of nitrogens with zero attached hydrogens (tertiary/aromatic N) is 1. The van der Waals surface area contributed by atoms with Gasteiger partial charge in [-0.05, 0) is 13.8 Å². The van der Waals surface area contributed by atoms with Gasteiger partial charge in [0.15, 0.2) is 0 Å². The van der Waals surface area contributed by atoms with E-state index < -0.39 is 11.5 Å². The molecule has 0 aliphatic heterocycles. The van der Waals surface area contributed by atoms with E-state index in [1.165, 1.54) is 37.6 Å². The van der Waals surface area contributed by atoms with Gasteiger partial charge in [0, 0.05) is 19.9 Å². The topological polar surface area (TPSA) is 66.8 Å². The van der Waals surface area contributed by atoms with E-state index in [2.05, 4.69) is 0 Å². The predicted molar refractivity (Wildman–Crippen MR) is 63.7 cm³/mol. The third-order valence-electron chi connectivity index (χ3n) is 2.39. The van der Waals surface area contributed by atoms with E-state index in [0.29, 0.717) is 6.61 Å². The molecule has 94 valence electrons. The molecule has 1 amide bonds. The average Bonchev–Trinajstić information content (AvgIpc) is 2.22. The first kappa shape index (κ1) is 15.2. The Morgan fingerprint density at radius 3 is 2.44 bits per heavy atom. The van der Waals surface area contributed by atoms with Crippen LogP contribution < -0.4 is 0 Å². The Balaban J connectivity index is 4.13. The number of thioether (sulfide) groups is 1. The highest BCUT2D eigenvalue weighted by molar-refractivity contribution is 7.99. The Kier molecular flexibility index (Phi) is 6.43. The first-order chi connectivity index (χ1) is 7.34. The van der Waals surface area contributed by atoms with Gasteiger partial charge in [-0.3, -0.25) is 4.79 Å². The fourth-order valence-corrected chi connectivity index (χ4v) is 1.65. The van der Waals surface area contributed by atoms with E-state index in [4.69, 9.17) is 9.84 Å². The Labute approximate surface area is 100 Å². The molecule has 1 N–H and O–H groups in total. The van der Waals surface area contributed by atoms with Crippen molar-refractivity contribution in [2.24, 2.45) is 0 Å². The Hall–Kier alpha value is -0.750. The number of likely N-dealkylation sites (N-methyl/N-ethyl adjacent to an activating group) is 1. The lowest BCUT2D eigenvalue weighted by molar-refractivity contribution is -0.154. The van der Waals surface area contributed by atoms with Gasteiger partial charge in [-0.2, -0.15) is 0 Å². The molecule has 0 saturated carbocycles. The van der Waals surface area contributed by atoms with Gasteiger partial charge < -0.3 is 14.7 Å². The molecule has 0 unspecified atom stereocenters. The number of ether oxygens (including phenoxy) is 1. The monoisotopic (exact) mass is 249 g/mol. The molecule has 0 saturated heterocycles. The smallest absolute Gasteiger partial charge is 0.329 e. The van der Waals surface area contributed by atoms with Crippen molar-refractivity contribution in [1.82, 2.24) is 4.90 Å². The zero-order valence-corrected chi connectivity index (χ0v) is 11.0. The summed E-state index contributed by atoms with van der Waals surface area (Å²) >= 11 is 1.43. The predicted octanol–water partition coefficient (Wildman–Crippen LogP) is 0.688. The second-order valence-corrected chi connectivity index (χ2v) is 4.97. The SMILES string of the molecule is COCCSCC(=O)N(C)C(C)(C)C(=O)O. The molecule has 0 heterocycles. The number of rotatable bonds is 7. The summed E-state index contributed by atoms with van der Waals surface area (Å²) in [6, 6.07) is 0. The molecule has 6 heteroatoms. The molecule has 0 bridgehead atoms. The maximum absolute atomic E-state index is 11.7. The van der Waals surface area contributed by atoms with Gasteiger partial charge >= 0.3 is 5.97 Å². The van der Waals surface area contributed by atoms with E-state index >= 15 is 0 Å². The van der Waals surface area contributed by atoms with Gasteiger partial charge in [-0.15, -0.1) is 11.8 Å². The van der Waals surface area contributed by atoms with Crippen LogP contribution in [0.5, 0.6) is 0 Å². The largest absolute Gasteiger partial charge is 0.480 e. The summed E-state index contributed by atoms with van der Waals surface area (Å²) < 4.78 is 4.85. The number of hydrogen-bond donors (Lipinski definition) is 1. The molecule has 0 spiro atoms. The van der Waals surface area contributed by atoms with Gasteiger partial charge in [0.1, 0.15) is 5.54 Å². The molecule has 0 radical (unpaired) electrons. The van der Waals surface area contributed by atoms with Crippen molar-refractivity contribution in [3.05, 3.63) is 0 Å². The quantitative estimate of drug-likeness (QED) is 0.672. The molecular weight excluding hydrogens is 230 g/mol. The van der Waals surface area contributed by atoms with Crippen molar-refractivity contribution in [2.75, 3.05) is 32.3 Å². The molecule has 0 aromatic heterocycles. The highest BCUT2D eigenvalue weighted by Gasteiger charge is 2.34. The molecule has 0 aromatic rings. The lowest BCUT2D eigenvalue weighted by Crippen LogP contribution is -2.51.